The molecule has 0 amide bonds. The third kappa shape index (κ3) is 2.98. The standard InChI is InChI=1S/C13H16ClNO5/c1-15-5-8(6-15)20-12-9(11(16)13(17)18)3-7(14)4-10(12)19-2/h3-4,8,11,16H,5-6H2,1-2H3,(H,17,18). The second-order valence-electron chi connectivity index (χ2n) is 4.73. The van der Waals surface area contributed by atoms with E-state index in [4.69, 9.17) is 26.2 Å². The summed E-state index contributed by atoms with van der Waals surface area (Å²) in [5.74, 6) is -0.836. The first-order chi connectivity index (χ1) is 9.42. The molecule has 1 heterocycles. The van der Waals surface area contributed by atoms with E-state index in [-0.39, 0.29) is 22.4 Å². The van der Waals surface area contributed by atoms with Crippen LogP contribution >= 0.6 is 11.6 Å². The van der Waals surface area contributed by atoms with E-state index in [1.807, 2.05) is 7.05 Å². The highest BCUT2D eigenvalue weighted by Crippen LogP contribution is 2.39. The number of aliphatic hydroxyl groups is 1. The van der Waals surface area contributed by atoms with Crippen molar-refractivity contribution in [2.45, 2.75) is 12.2 Å². The van der Waals surface area contributed by atoms with Crippen LogP contribution in [0.3, 0.4) is 0 Å². The average Bonchev–Trinajstić information content (AvgIpc) is 2.36. The van der Waals surface area contributed by atoms with E-state index in [0.717, 1.165) is 13.1 Å². The maximum Gasteiger partial charge on any atom is 0.337 e. The molecule has 2 N–H and O–H groups in total. The van der Waals surface area contributed by atoms with Crippen LogP contribution in [0, 0.1) is 0 Å². The molecule has 0 saturated carbocycles. The van der Waals surface area contributed by atoms with Crippen molar-refractivity contribution < 1.29 is 24.5 Å². The Labute approximate surface area is 121 Å². The van der Waals surface area contributed by atoms with E-state index in [1.165, 1.54) is 19.2 Å². The predicted octanol–water partition coefficient (Wildman–Crippen LogP) is 1.16. The van der Waals surface area contributed by atoms with Crippen LogP contribution in [-0.4, -0.2) is 54.4 Å². The lowest BCUT2D eigenvalue weighted by Gasteiger charge is -2.36. The maximum atomic E-state index is 11.0. The first-order valence-electron chi connectivity index (χ1n) is 6.06. The van der Waals surface area contributed by atoms with Crippen molar-refractivity contribution in [2.24, 2.45) is 0 Å². The van der Waals surface area contributed by atoms with Crippen LogP contribution in [0.15, 0.2) is 12.1 Å². The number of likely N-dealkylation sites (N-methyl/N-ethyl adjacent to an activating group) is 1. The second kappa shape index (κ2) is 5.87. The molecule has 1 aliphatic heterocycles. The SMILES string of the molecule is COc1cc(Cl)cc(C(O)C(=O)O)c1OC1CN(C)C1. The minimum absolute atomic E-state index is 0.0604. The molecule has 7 heteroatoms. The monoisotopic (exact) mass is 301 g/mol. The predicted molar refractivity (Wildman–Crippen MR) is 72.5 cm³/mol. The molecule has 0 radical (unpaired) electrons. The Kier molecular flexibility index (Phi) is 4.37. The first kappa shape index (κ1) is 14.9. The molecule has 1 saturated heterocycles. The number of hydrogen-bond donors (Lipinski definition) is 2. The second-order valence-corrected chi connectivity index (χ2v) is 5.16. The van der Waals surface area contributed by atoms with Crippen molar-refractivity contribution in [1.29, 1.82) is 0 Å². The number of benzene rings is 1. The zero-order chi connectivity index (χ0) is 14.9. The summed E-state index contributed by atoms with van der Waals surface area (Å²) in [6, 6.07) is 2.90. The third-order valence-corrected chi connectivity index (χ3v) is 3.33. The van der Waals surface area contributed by atoms with Crippen molar-refractivity contribution in [3.8, 4) is 11.5 Å². The molecule has 1 aliphatic rings. The molecule has 1 fully saturated rings. The highest BCUT2D eigenvalue weighted by atomic mass is 35.5. The van der Waals surface area contributed by atoms with E-state index >= 15 is 0 Å². The minimum atomic E-state index is -1.71. The summed E-state index contributed by atoms with van der Waals surface area (Å²) < 4.78 is 10.9. The topological polar surface area (TPSA) is 79.2 Å². The lowest BCUT2D eigenvalue weighted by molar-refractivity contribution is -0.147. The third-order valence-electron chi connectivity index (χ3n) is 3.11. The molecule has 0 aliphatic carbocycles. The molecular formula is C13H16ClNO5. The van der Waals surface area contributed by atoms with Gasteiger partial charge in [0, 0.05) is 29.7 Å². The molecule has 1 atom stereocenters. The number of carboxylic acid groups (broad SMARTS) is 1. The fourth-order valence-corrected chi connectivity index (χ4v) is 2.30. The molecule has 6 nitrogen and oxygen atoms in total. The van der Waals surface area contributed by atoms with Gasteiger partial charge in [-0.2, -0.15) is 0 Å². The minimum Gasteiger partial charge on any atom is -0.493 e. The Hall–Kier alpha value is -1.50. The van der Waals surface area contributed by atoms with Crippen LogP contribution in [0.5, 0.6) is 11.5 Å². The van der Waals surface area contributed by atoms with Gasteiger partial charge in [0.2, 0.25) is 0 Å². The zero-order valence-electron chi connectivity index (χ0n) is 11.2. The molecule has 0 bridgehead atoms. The van der Waals surface area contributed by atoms with Gasteiger partial charge < -0.3 is 19.7 Å². The summed E-state index contributed by atoms with van der Waals surface area (Å²) in [5, 5.41) is 19.0. The van der Waals surface area contributed by atoms with E-state index in [0.29, 0.717) is 5.75 Å². The zero-order valence-corrected chi connectivity index (χ0v) is 11.9. The number of rotatable bonds is 5. The lowest BCUT2D eigenvalue weighted by atomic mass is 10.1. The summed E-state index contributed by atoms with van der Waals surface area (Å²) >= 11 is 5.91. The summed E-state index contributed by atoms with van der Waals surface area (Å²) in [4.78, 5) is 13.0. The fourth-order valence-electron chi connectivity index (χ4n) is 2.09. The van der Waals surface area contributed by atoms with Gasteiger partial charge in [-0.25, -0.2) is 4.79 Å². The van der Waals surface area contributed by atoms with Crippen molar-refractivity contribution in [1.82, 2.24) is 4.90 Å². The van der Waals surface area contributed by atoms with Gasteiger partial charge in [0.1, 0.15) is 6.10 Å². The average molecular weight is 302 g/mol. The Morgan fingerprint density at radius 1 is 1.50 bits per heavy atom. The van der Waals surface area contributed by atoms with E-state index in [1.54, 1.807) is 0 Å². The molecule has 0 aromatic heterocycles. The fraction of sp³-hybridized carbons (Fsp3) is 0.462. The number of ether oxygens (including phenoxy) is 2. The number of hydrogen-bond acceptors (Lipinski definition) is 5. The van der Waals surface area contributed by atoms with Gasteiger partial charge in [0.25, 0.3) is 0 Å². The van der Waals surface area contributed by atoms with Gasteiger partial charge in [-0.3, -0.25) is 4.90 Å². The van der Waals surface area contributed by atoms with Gasteiger partial charge >= 0.3 is 5.97 Å². The lowest BCUT2D eigenvalue weighted by Crippen LogP contribution is -2.51. The van der Waals surface area contributed by atoms with Crippen LogP contribution in [0.2, 0.25) is 5.02 Å². The van der Waals surface area contributed by atoms with Crippen LogP contribution in [-0.2, 0) is 4.79 Å². The van der Waals surface area contributed by atoms with Gasteiger partial charge in [-0.15, -0.1) is 0 Å². The Morgan fingerprint density at radius 2 is 2.15 bits per heavy atom. The largest absolute Gasteiger partial charge is 0.493 e. The highest BCUT2D eigenvalue weighted by Gasteiger charge is 2.30. The van der Waals surface area contributed by atoms with Gasteiger partial charge in [0.15, 0.2) is 17.6 Å². The van der Waals surface area contributed by atoms with Crippen molar-refractivity contribution in [2.75, 3.05) is 27.2 Å². The number of aliphatic carboxylic acids is 1. The number of carboxylic acids is 1. The number of methoxy groups -OCH3 is 1. The summed E-state index contributed by atoms with van der Waals surface area (Å²) in [7, 11) is 3.38. The molecule has 1 aromatic carbocycles. The first-order valence-corrected chi connectivity index (χ1v) is 6.43. The molecule has 110 valence electrons. The van der Waals surface area contributed by atoms with Gasteiger partial charge in [-0.05, 0) is 13.1 Å². The summed E-state index contributed by atoms with van der Waals surface area (Å²) in [5.41, 5.74) is 0.0939. The van der Waals surface area contributed by atoms with Crippen molar-refractivity contribution in [3.05, 3.63) is 22.7 Å². The quantitative estimate of drug-likeness (QED) is 0.849. The van der Waals surface area contributed by atoms with Crippen molar-refractivity contribution >= 4 is 17.6 Å². The Bertz CT molecular complexity index is 516. The van der Waals surface area contributed by atoms with E-state index in [9.17, 15) is 9.90 Å². The van der Waals surface area contributed by atoms with Crippen LogP contribution in [0.4, 0.5) is 0 Å². The summed E-state index contributed by atoms with van der Waals surface area (Å²) in [6.45, 7) is 1.46. The number of nitrogens with zero attached hydrogens (tertiary/aromatic N) is 1. The van der Waals surface area contributed by atoms with Crippen LogP contribution in [0.25, 0.3) is 0 Å². The van der Waals surface area contributed by atoms with Gasteiger partial charge in [0.05, 0.1) is 7.11 Å². The van der Waals surface area contributed by atoms with Gasteiger partial charge in [-0.1, -0.05) is 11.6 Å². The molecule has 2 rings (SSSR count). The normalized spacial score (nSPS) is 17.4. The van der Waals surface area contributed by atoms with Crippen LogP contribution in [0.1, 0.15) is 11.7 Å². The Morgan fingerprint density at radius 3 is 2.65 bits per heavy atom. The number of aliphatic hydroxyl groups excluding tert-OH is 1. The Balaban J connectivity index is 2.36. The number of halogens is 1. The maximum absolute atomic E-state index is 11.0. The molecule has 1 aromatic rings. The molecule has 20 heavy (non-hydrogen) atoms. The molecule has 1 unspecified atom stereocenters. The van der Waals surface area contributed by atoms with Crippen molar-refractivity contribution in [3.63, 3.8) is 0 Å². The molecular weight excluding hydrogens is 286 g/mol. The summed E-state index contributed by atoms with van der Waals surface area (Å²) in [6.07, 6.45) is -1.77. The smallest absolute Gasteiger partial charge is 0.337 e. The number of carbonyl (C=O) groups is 1. The molecule has 0 spiro atoms. The number of likely N-dealkylation sites (tertiary alicyclic amines) is 1. The van der Waals surface area contributed by atoms with Crippen LogP contribution < -0.4 is 9.47 Å². The van der Waals surface area contributed by atoms with E-state index in [2.05, 4.69) is 4.90 Å². The van der Waals surface area contributed by atoms with E-state index < -0.39 is 12.1 Å². The highest BCUT2D eigenvalue weighted by molar-refractivity contribution is 6.30.